The fourth-order valence-corrected chi connectivity index (χ4v) is 3.19. The number of hydrogen-bond acceptors (Lipinski definition) is 0. The third kappa shape index (κ3) is 8.08. The minimum Gasteiger partial charge on any atom is -0.238 e. The van der Waals surface area contributed by atoms with E-state index in [0.29, 0.717) is 0 Å². The second kappa shape index (κ2) is 4.07. The molecule has 0 nitrogen and oxygen atoms in total. The normalized spacial score (nSPS) is 13.8. The Morgan fingerprint density at radius 2 is 1.70 bits per heavy atom. The predicted octanol–water partition coefficient (Wildman–Crippen LogP) is 1.64. The minimum atomic E-state index is -5.52. The van der Waals surface area contributed by atoms with Crippen LogP contribution in [0.4, 0.5) is 21.1 Å². The molecular formula is C3H7F5Si2. The highest BCUT2D eigenvalue weighted by Gasteiger charge is 2.35. The van der Waals surface area contributed by atoms with E-state index in [1.807, 2.05) is 0 Å². The van der Waals surface area contributed by atoms with Crippen molar-refractivity contribution in [3.05, 3.63) is 0 Å². The first-order valence-electron chi connectivity index (χ1n) is 2.77. The van der Waals surface area contributed by atoms with Gasteiger partial charge in [0.15, 0.2) is 0 Å². The molecule has 0 aromatic carbocycles. The molecule has 0 N–H and O–H groups in total. The average molecular weight is 194 g/mol. The Labute approximate surface area is 58.8 Å². The van der Waals surface area contributed by atoms with Crippen molar-refractivity contribution in [2.24, 2.45) is 0 Å². The van der Waals surface area contributed by atoms with Crippen molar-refractivity contribution in [3.63, 3.8) is 0 Å². The lowest BCUT2D eigenvalue weighted by atomic mass is 10.9. The Bertz CT molecular complexity index is 89.4. The van der Waals surface area contributed by atoms with Gasteiger partial charge in [-0.15, -0.1) is 0 Å². The van der Waals surface area contributed by atoms with E-state index < -0.39 is 30.7 Å². The number of alkyl halides is 2. The Morgan fingerprint density at radius 1 is 1.20 bits per heavy atom. The SMILES string of the molecule is FC(F)[SiH2]CC[Si](F)(F)F. The standard InChI is InChI=1S/C3H7F5Si2/c4-3(5)9-1-2-10(6,7)8/h3H,1-2,9H2. The van der Waals surface area contributed by atoms with Crippen LogP contribution in [0.15, 0.2) is 0 Å². The van der Waals surface area contributed by atoms with Gasteiger partial charge < -0.3 is 0 Å². The van der Waals surface area contributed by atoms with Gasteiger partial charge >= 0.3 is 9.08 Å². The second-order valence-corrected chi connectivity index (χ2v) is 5.53. The van der Waals surface area contributed by atoms with Gasteiger partial charge in [-0.1, -0.05) is 6.04 Å². The van der Waals surface area contributed by atoms with Crippen LogP contribution in [0, 0.1) is 0 Å². The Morgan fingerprint density at radius 3 is 2.00 bits per heavy atom. The molecule has 0 atom stereocenters. The van der Waals surface area contributed by atoms with Crippen molar-refractivity contribution < 1.29 is 21.1 Å². The van der Waals surface area contributed by atoms with Crippen LogP contribution < -0.4 is 0 Å². The summed E-state index contributed by atoms with van der Waals surface area (Å²) in [7, 11) is -7.28. The fourth-order valence-electron chi connectivity index (χ4n) is 0.457. The third-order valence-electron chi connectivity index (χ3n) is 0.883. The van der Waals surface area contributed by atoms with Gasteiger partial charge in [0.05, 0.1) is 0 Å². The van der Waals surface area contributed by atoms with Crippen LogP contribution >= 0.6 is 0 Å². The molecule has 10 heavy (non-hydrogen) atoms. The summed E-state index contributed by atoms with van der Waals surface area (Å²) in [4.78, 5) is 0. The van der Waals surface area contributed by atoms with Crippen LogP contribution in [0.25, 0.3) is 0 Å². The van der Waals surface area contributed by atoms with E-state index in [0.717, 1.165) is 0 Å². The van der Waals surface area contributed by atoms with Gasteiger partial charge in [-0.05, 0) is 0 Å². The lowest BCUT2D eigenvalue weighted by molar-refractivity contribution is 0.237. The first-order valence-corrected chi connectivity index (χ1v) is 6.42. The topological polar surface area (TPSA) is 0 Å². The second-order valence-electron chi connectivity index (χ2n) is 1.90. The third-order valence-corrected chi connectivity index (χ3v) is 3.71. The lowest BCUT2D eigenvalue weighted by Crippen LogP contribution is -2.16. The summed E-state index contributed by atoms with van der Waals surface area (Å²) in [6.45, 7) is 0. The van der Waals surface area contributed by atoms with Crippen molar-refractivity contribution in [1.29, 1.82) is 0 Å². The quantitative estimate of drug-likeness (QED) is 0.362. The first-order chi connectivity index (χ1) is 4.42. The van der Waals surface area contributed by atoms with Gasteiger partial charge in [-0.25, -0.2) is 21.1 Å². The van der Waals surface area contributed by atoms with Crippen LogP contribution in [0.3, 0.4) is 0 Å². The molecule has 0 radical (unpaired) electrons. The summed E-state index contributed by atoms with van der Waals surface area (Å²) < 4.78 is 56.9. The fraction of sp³-hybridized carbons (Fsp3) is 1.00. The Kier molecular flexibility index (Phi) is 4.10. The van der Waals surface area contributed by atoms with E-state index in [4.69, 9.17) is 0 Å². The molecule has 0 heterocycles. The zero-order chi connectivity index (χ0) is 8.20. The zero-order valence-electron chi connectivity index (χ0n) is 5.09. The van der Waals surface area contributed by atoms with Crippen molar-refractivity contribution in [2.75, 3.05) is 0 Å². The highest BCUT2D eigenvalue weighted by Crippen LogP contribution is 2.17. The van der Waals surface area contributed by atoms with Crippen LogP contribution in [0.2, 0.25) is 12.1 Å². The monoisotopic (exact) mass is 194 g/mol. The highest BCUT2D eigenvalue weighted by atomic mass is 28.5. The Balaban J connectivity index is 3.21. The summed E-state index contributed by atoms with van der Waals surface area (Å²) in [6, 6.07) is -3.66. The summed E-state index contributed by atoms with van der Waals surface area (Å²) in [5.74, 6) is 0. The molecule has 0 aliphatic carbocycles. The van der Waals surface area contributed by atoms with E-state index in [1.54, 1.807) is 0 Å². The first kappa shape index (κ1) is 10.1. The molecule has 0 spiro atoms. The molecule has 0 amide bonds. The average Bonchev–Trinajstić information content (AvgIpc) is 1.59. The van der Waals surface area contributed by atoms with Gasteiger partial charge in [0.25, 0.3) is 0 Å². The Hall–Kier alpha value is 0.0838. The van der Waals surface area contributed by atoms with Gasteiger partial charge in [0.2, 0.25) is 6.05 Å². The van der Waals surface area contributed by atoms with Crippen molar-refractivity contribution in [1.82, 2.24) is 0 Å². The predicted molar refractivity (Wildman–Crippen MR) is 33.2 cm³/mol. The summed E-state index contributed by atoms with van der Waals surface area (Å²) in [5.41, 5.74) is 0. The van der Waals surface area contributed by atoms with Crippen LogP contribution in [0.5, 0.6) is 0 Å². The van der Waals surface area contributed by atoms with Gasteiger partial charge in [-0.2, -0.15) is 0 Å². The van der Waals surface area contributed by atoms with Gasteiger partial charge in [-0.3, -0.25) is 0 Å². The maximum atomic E-state index is 11.4. The molecule has 0 rings (SSSR count). The maximum Gasteiger partial charge on any atom is 0.615 e. The van der Waals surface area contributed by atoms with E-state index in [2.05, 4.69) is 0 Å². The lowest BCUT2D eigenvalue weighted by Gasteiger charge is -1.99. The molecule has 0 unspecified atom stereocenters. The van der Waals surface area contributed by atoms with Gasteiger partial charge in [0.1, 0.15) is 9.52 Å². The van der Waals surface area contributed by atoms with Crippen LogP contribution in [0.1, 0.15) is 0 Å². The number of rotatable bonds is 4. The molecule has 0 saturated carbocycles. The van der Waals surface area contributed by atoms with Crippen molar-refractivity contribution >= 4 is 18.6 Å². The largest absolute Gasteiger partial charge is 0.615 e. The van der Waals surface area contributed by atoms with Crippen molar-refractivity contribution in [3.8, 4) is 0 Å². The molecule has 0 bridgehead atoms. The molecular weight excluding hydrogens is 187 g/mol. The molecule has 0 aromatic heterocycles. The molecule has 62 valence electrons. The summed E-state index contributed by atoms with van der Waals surface area (Å²) in [6.07, 6.45) is 0. The maximum absolute atomic E-state index is 11.4. The minimum absolute atomic E-state index is 0.284. The summed E-state index contributed by atoms with van der Waals surface area (Å²) >= 11 is 0. The van der Waals surface area contributed by atoms with Gasteiger partial charge in [0, 0.05) is 6.04 Å². The highest BCUT2D eigenvalue weighted by molar-refractivity contribution is 6.59. The molecule has 0 aliphatic rings. The molecule has 0 fully saturated rings. The van der Waals surface area contributed by atoms with E-state index in [9.17, 15) is 21.1 Å². The summed E-state index contributed by atoms with van der Waals surface area (Å²) in [5, 5.41) is 0. The number of hydrogen-bond donors (Lipinski definition) is 0. The molecule has 7 heteroatoms. The van der Waals surface area contributed by atoms with E-state index in [1.165, 1.54) is 0 Å². The molecule has 0 aliphatic heterocycles. The smallest absolute Gasteiger partial charge is 0.238 e. The van der Waals surface area contributed by atoms with Crippen LogP contribution in [-0.4, -0.2) is 24.6 Å². The van der Waals surface area contributed by atoms with E-state index in [-0.39, 0.29) is 6.04 Å². The number of halogens is 5. The molecule has 0 saturated heterocycles. The van der Waals surface area contributed by atoms with Crippen LogP contribution in [-0.2, 0) is 0 Å². The van der Waals surface area contributed by atoms with Crippen molar-refractivity contribution in [2.45, 2.75) is 18.1 Å². The van der Waals surface area contributed by atoms with E-state index >= 15 is 0 Å². The molecule has 0 aromatic rings. The zero-order valence-corrected chi connectivity index (χ0v) is 7.50.